The molecule has 0 amide bonds. The van der Waals surface area contributed by atoms with Crippen LogP contribution in [0.25, 0.3) is 0 Å². The number of rotatable bonds is 3. The summed E-state index contributed by atoms with van der Waals surface area (Å²) in [7, 11) is 0. The molecule has 0 saturated heterocycles. The van der Waals surface area contributed by atoms with Crippen molar-refractivity contribution in [3.63, 3.8) is 0 Å². The van der Waals surface area contributed by atoms with Crippen molar-refractivity contribution >= 4 is 0 Å². The molecular formula is C18H18F3FeN2O-. The first-order valence-corrected chi connectivity index (χ1v) is 7.43. The minimum Gasteiger partial charge on any atom is -0.512 e. The van der Waals surface area contributed by atoms with Gasteiger partial charge < -0.3 is 5.11 Å². The maximum absolute atomic E-state index is 12.5. The third-order valence-corrected chi connectivity index (χ3v) is 3.38. The molecule has 0 spiro atoms. The van der Waals surface area contributed by atoms with E-state index >= 15 is 0 Å². The monoisotopic (exact) mass is 391 g/mol. The van der Waals surface area contributed by atoms with E-state index in [4.69, 9.17) is 0 Å². The number of aromatic nitrogens is 2. The van der Waals surface area contributed by atoms with Crippen molar-refractivity contribution in [3.8, 4) is 0 Å². The summed E-state index contributed by atoms with van der Waals surface area (Å²) in [5.41, 5.74) is 0.196. The first-order chi connectivity index (χ1) is 11.4. The second-order valence-electron chi connectivity index (χ2n) is 5.22. The summed E-state index contributed by atoms with van der Waals surface area (Å²) in [6.45, 7) is 1.76. The smallest absolute Gasteiger partial charge is 0.435 e. The third kappa shape index (κ3) is 6.36. The molecule has 1 aliphatic rings. The van der Waals surface area contributed by atoms with E-state index in [2.05, 4.69) is 5.10 Å². The van der Waals surface area contributed by atoms with Crippen molar-refractivity contribution in [2.75, 3.05) is 0 Å². The maximum atomic E-state index is 12.5. The molecule has 2 aromatic rings. The molecular weight excluding hydrogens is 373 g/mol. The molecule has 0 atom stereocenters. The van der Waals surface area contributed by atoms with Crippen LogP contribution in [0.4, 0.5) is 13.2 Å². The van der Waals surface area contributed by atoms with Gasteiger partial charge in [0.15, 0.2) is 5.69 Å². The molecule has 3 rings (SSSR count). The normalized spacial score (nSPS) is 12.6. The quantitative estimate of drug-likeness (QED) is 0.457. The van der Waals surface area contributed by atoms with Crippen molar-refractivity contribution in [2.45, 2.75) is 26.1 Å². The van der Waals surface area contributed by atoms with Gasteiger partial charge in [-0.2, -0.15) is 36.5 Å². The molecule has 0 bridgehead atoms. The van der Waals surface area contributed by atoms with Gasteiger partial charge in [0.1, 0.15) is 5.76 Å². The summed E-state index contributed by atoms with van der Waals surface area (Å²) >= 11 is 0. The predicted molar refractivity (Wildman–Crippen MR) is 86.6 cm³/mol. The molecule has 136 valence electrons. The number of hydrogen-bond donors (Lipinski definition) is 1. The number of aliphatic hydroxyl groups excluding tert-OH is 1. The zero-order valence-electron chi connectivity index (χ0n) is 13.5. The van der Waals surface area contributed by atoms with E-state index in [9.17, 15) is 18.3 Å². The van der Waals surface area contributed by atoms with Crippen molar-refractivity contribution in [2.24, 2.45) is 0 Å². The van der Waals surface area contributed by atoms with Gasteiger partial charge in [0.25, 0.3) is 0 Å². The molecule has 7 heteroatoms. The Labute approximate surface area is 155 Å². The van der Waals surface area contributed by atoms with E-state index in [-0.39, 0.29) is 35.8 Å². The zero-order chi connectivity index (χ0) is 17.6. The molecule has 1 aromatic heterocycles. The molecule has 1 N–H and O–H groups in total. The Morgan fingerprint density at radius 2 is 1.80 bits per heavy atom. The number of alkyl halides is 3. The van der Waals surface area contributed by atoms with Gasteiger partial charge in [-0.05, 0) is 13.0 Å². The fraction of sp³-hybridized carbons (Fsp3) is 0.222. The van der Waals surface area contributed by atoms with Gasteiger partial charge in [-0.15, -0.1) is 0 Å². The fourth-order valence-electron chi connectivity index (χ4n) is 2.12. The van der Waals surface area contributed by atoms with E-state index in [0.717, 1.165) is 6.07 Å². The molecule has 0 radical (unpaired) electrons. The Morgan fingerprint density at radius 1 is 1.20 bits per heavy atom. The number of allylic oxidation sites excluding steroid dienone is 6. The van der Waals surface area contributed by atoms with E-state index in [0.29, 0.717) is 11.3 Å². The van der Waals surface area contributed by atoms with Crippen LogP contribution in [0.2, 0.25) is 0 Å². The Bertz CT molecular complexity index is 710. The predicted octanol–water partition coefficient (Wildman–Crippen LogP) is 4.94. The van der Waals surface area contributed by atoms with Crippen LogP contribution in [-0.4, -0.2) is 14.9 Å². The van der Waals surface area contributed by atoms with Crippen LogP contribution in [0.1, 0.15) is 17.8 Å². The number of aryl methyl sites for hydroxylation is 2. The zero-order valence-corrected chi connectivity index (χ0v) is 14.6. The first-order valence-electron chi connectivity index (χ1n) is 7.43. The molecule has 1 aromatic carbocycles. The van der Waals surface area contributed by atoms with Crippen LogP contribution in [0, 0.1) is 6.92 Å². The van der Waals surface area contributed by atoms with Gasteiger partial charge >= 0.3 is 6.18 Å². The van der Waals surface area contributed by atoms with E-state index in [1.54, 1.807) is 31.2 Å². The molecule has 3 nitrogen and oxygen atoms in total. The Balaban J connectivity index is 0.000000448. The molecule has 1 heterocycles. The second kappa shape index (κ2) is 9.39. The van der Waals surface area contributed by atoms with Gasteiger partial charge in [0, 0.05) is 41.3 Å². The molecule has 0 saturated carbocycles. The number of hydrogen-bond acceptors (Lipinski definition) is 2. The minimum absolute atomic E-state index is 0. The average Bonchev–Trinajstić information content (AvgIpc) is 3.27. The Morgan fingerprint density at radius 3 is 2.24 bits per heavy atom. The second-order valence-corrected chi connectivity index (χ2v) is 5.22. The number of aliphatic hydroxyl groups is 1. The van der Waals surface area contributed by atoms with Crippen molar-refractivity contribution in [3.05, 3.63) is 83.4 Å². The van der Waals surface area contributed by atoms with Gasteiger partial charge in [0.2, 0.25) is 0 Å². The first kappa shape index (κ1) is 20.9. The molecule has 0 aliphatic heterocycles. The van der Waals surface area contributed by atoms with Crippen LogP contribution in [-0.2, 0) is 29.8 Å². The van der Waals surface area contributed by atoms with Crippen LogP contribution in [0.3, 0.4) is 0 Å². The van der Waals surface area contributed by atoms with Gasteiger partial charge in [0.05, 0.1) is 0 Å². The van der Waals surface area contributed by atoms with Crippen LogP contribution in [0.15, 0.2) is 72.0 Å². The van der Waals surface area contributed by atoms with Gasteiger partial charge in [-0.25, -0.2) is 12.1 Å². The standard InChI is InChI=1S/C13H13F3N2O.C5H5.Fe/c1-9-8-12(13(14,15)16)17-18(9)7-6-11(19)10-4-2-3-5-10;1-2-4-5-3-1;/h2-5,8,19H,6-7H2,1H3;1-5H;/q;-1;. The van der Waals surface area contributed by atoms with Crippen LogP contribution < -0.4 is 0 Å². The van der Waals surface area contributed by atoms with E-state index < -0.39 is 11.9 Å². The summed E-state index contributed by atoms with van der Waals surface area (Å²) in [4.78, 5) is 0. The molecule has 0 fully saturated rings. The maximum Gasteiger partial charge on any atom is 0.435 e. The van der Waals surface area contributed by atoms with Gasteiger partial charge in [-0.1, -0.05) is 24.3 Å². The third-order valence-electron chi connectivity index (χ3n) is 3.38. The van der Waals surface area contributed by atoms with Crippen molar-refractivity contribution < 1.29 is 35.3 Å². The van der Waals surface area contributed by atoms with Crippen LogP contribution in [0.5, 0.6) is 0 Å². The number of nitrogens with zero attached hydrogens (tertiary/aromatic N) is 2. The van der Waals surface area contributed by atoms with E-state index in [1.807, 2.05) is 30.3 Å². The molecule has 25 heavy (non-hydrogen) atoms. The largest absolute Gasteiger partial charge is 0.512 e. The van der Waals surface area contributed by atoms with Crippen molar-refractivity contribution in [1.29, 1.82) is 0 Å². The number of halogens is 3. The Hall–Kier alpha value is -2.11. The summed E-state index contributed by atoms with van der Waals surface area (Å²) in [5.74, 6) is 0.147. The minimum atomic E-state index is -4.44. The van der Waals surface area contributed by atoms with Crippen LogP contribution >= 0.6 is 0 Å². The molecule has 1 aliphatic carbocycles. The summed E-state index contributed by atoms with van der Waals surface area (Å²) in [6.07, 6.45) is 2.86. The average molecular weight is 391 g/mol. The van der Waals surface area contributed by atoms with E-state index in [1.165, 1.54) is 4.68 Å². The topological polar surface area (TPSA) is 38.0 Å². The summed E-state index contributed by atoms with van der Waals surface area (Å²) in [5, 5.41) is 13.3. The fourth-order valence-corrected chi connectivity index (χ4v) is 2.12. The molecule has 0 unspecified atom stereocenters. The Kier molecular flexibility index (Phi) is 7.86. The summed E-state index contributed by atoms with van der Waals surface area (Å²) < 4.78 is 38.7. The van der Waals surface area contributed by atoms with Crippen molar-refractivity contribution in [1.82, 2.24) is 9.78 Å². The SMILES string of the molecule is Cc1cc(C(F)(F)F)nn1CCC(O)=C1C=CC=C1.[Fe].c1cc[cH-]c1. The summed E-state index contributed by atoms with van der Waals surface area (Å²) in [6, 6.07) is 11.0. The van der Waals surface area contributed by atoms with Gasteiger partial charge in [-0.3, -0.25) is 4.68 Å².